The van der Waals surface area contributed by atoms with E-state index in [9.17, 15) is 4.39 Å². The Morgan fingerprint density at radius 3 is 2.70 bits per heavy atom. The summed E-state index contributed by atoms with van der Waals surface area (Å²) in [6.07, 6.45) is 3.65. The van der Waals surface area contributed by atoms with E-state index in [1.165, 1.54) is 31.4 Å². The first-order valence-electron chi connectivity index (χ1n) is 8.06. The van der Waals surface area contributed by atoms with Crippen molar-refractivity contribution in [2.24, 2.45) is 0 Å². The topological polar surface area (TPSA) is 21.3 Å². The lowest BCUT2D eigenvalue weighted by molar-refractivity contribution is 0.302. The predicted octanol–water partition coefficient (Wildman–Crippen LogP) is 5.34. The van der Waals surface area contributed by atoms with E-state index in [1.807, 2.05) is 18.2 Å². The second kappa shape index (κ2) is 9.53. The van der Waals surface area contributed by atoms with Gasteiger partial charge in [0.15, 0.2) is 0 Å². The van der Waals surface area contributed by atoms with Crippen molar-refractivity contribution in [2.45, 2.75) is 39.3 Å². The van der Waals surface area contributed by atoms with Crippen molar-refractivity contribution in [2.75, 3.05) is 6.54 Å². The van der Waals surface area contributed by atoms with E-state index in [0.717, 1.165) is 30.0 Å². The summed E-state index contributed by atoms with van der Waals surface area (Å²) in [6.45, 7) is 4.30. The van der Waals surface area contributed by atoms with E-state index < -0.39 is 0 Å². The lowest BCUT2D eigenvalue weighted by atomic mass is 10.2. The molecule has 0 saturated carbocycles. The summed E-state index contributed by atoms with van der Waals surface area (Å²) in [5.41, 5.74) is 1.89. The second-order valence-electron chi connectivity index (χ2n) is 5.52. The predicted molar refractivity (Wildman–Crippen MR) is 93.4 cm³/mol. The van der Waals surface area contributed by atoms with Crippen molar-refractivity contribution in [3.8, 4) is 5.75 Å². The Kier molecular flexibility index (Phi) is 7.37. The number of hydrogen-bond donors (Lipinski definition) is 1. The van der Waals surface area contributed by atoms with Crippen LogP contribution in [0.15, 0.2) is 42.5 Å². The van der Waals surface area contributed by atoms with Gasteiger partial charge in [0.05, 0.1) is 5.02 Å². The minimum atomic E-state index is -0.338. The summed E-state index contributed by atoms with van der Waals surface area (Å²) in [4.78, 5) is 0. The number of halogens is 2. The Labute approximate surface area is 142 Å². The Morgan fingerprint density at radius 2 is 1.91 bits per heavy atom. The average molecular weight is 336 g/mol. The van der Waals surface area contributed by atoms with E-state index in [2.05, 4.69) is 18.3 Å². The van der Waals surface area contributed by atoms with Crippen molar-refractivity contribution < 1.29 is 9.13 Å². The first kappa shape index (κ1) is 17.8. The molecule has 0 saturated heterocycles. The van der Waals surface area contributed by atoms with Gasteiger partial charge in [-0.1, -0.05) is 55.6 Å². The van der Waals surface area contributed by atoms with Gasteiger partial charge in [0, 0.05) is 17.7 Å². The van der Waals surface area contributed by atoms with Crippen LogP contribution in [0.1, 0.15) is 37.3 Å². The van der Waals surface area contributed by atoms with E-state index in [1.54, 1.807) is 6.07 Å². The highest BCUT2D eigenvalue weighted by Gasteiger charge is 2.06. The molecule has 2 aromatic carbocycles. The minimum Gasteiger partial charge on any atom is -0.489 e. The van der Waals surface area contributed by atoms with Gasteiger partial charge in [-0.05, 0) is 31.2 Å². The summed E-state index contributed by atoms with van der Waals surface area (Å²) in [7, 11) is 0. The minimum absolute atomic E-state index is 0.325. The first-order valence-corrected chi connectivity index (χ1v) is 8.44. The average Bonchev–Trinajstić information content (AvgIpc) is 2.55. The van der Waals surface area contributed by atoms with Crippen LogP contribution in [0.3, 0.4) is 0 Å². The molecule has 124 valence electrons. The van der Waals surface area contributed by atoms with Crippen molar-refractivity contribution in [3.05, 3.63) is 64.4 Å². The first-order chi connectivity index (χ1) is 11.2. The van der Waals surface area contributed by atoms with Gasteiger partial charge < -0.3 is 10.1 Å². The quantitative estimate of drug-likeness (QED) is 0.625. The summed E-state index contributed by atoms with van der Waals surface area (Å²) in [5.74, 6) is 0.492. The lowest BCUT2D eigenvalue weighted by Crippen LogP contribution is -2.15. The zero-order valence-electron chi connectivity index (χ0n) is 13.4. The highest BCUT2D eigenvalue weighted by Crippen LogP contribution is 2.22. The van der Waals surface area contributed by atoms with Gasteiger partial charge >= 0.3 is 0 Å². The molecule has 0 atom stereocenters. The molecule has 0 spiro atoms. The molecule has 0 unspecified atom stereocenters. The molecule has 0 aromatic heterocycles. The molecule has 0 heterocycles. The number of hydrogen-bond acceptors (Lipinski definition) is 2. The fraction of sp³-hybridized carbons (Fsp3) is 0.368. The molecular formula is C19H23ClFNO. The summed E-state index contributed by atoms with van der Waals surface area (Å²) < 4.78 is 18.9. The molecule has 0 bridgehead atoms. The van der Waals surface area contributed by atoms with Crippen LogP contribution in [0.25, 0.3) is 0 Å². The van der Waals surface area contributed by atoms with Crippen molar-refractivity contribution in [1.82, 2.24) is 5.32 Å². The van der Waals surface area contributed by atoms with Gasteiger partial charge in [-0.15, -0.1) is 0 Å². The molecule has 1 N–H and O–H groups in total. The van der Waals surface area contributed by atoms with Gasteiger partial charge in [0.2, 0.25) is 0 Å². The number of unbranched alkanes of at least 4 members (excludes halogenated alkanes) is 2. The molecular weight excluding hydrogens is 313 g/mol. The maximum absolute atomic E-state index is 13.1. The Morgan fingerprint density at radius 1 is 1.09 bits per heavy atom. The molecule has 0 amide bonds. The fourth-order valence-corrected chi connectivity index (χ4v) is 2.53. The lowest BCUT2D eigenvalue weighted by Gasteiger charge is -2.13. The smallest absolute Gasteiger partial charge is 0.124 e. The highest BCUT2D eigenvalue weighted by molar-refractivity contribution is 6.31. The molecule has 2 rings (SSSR count). The molecule has 4 heteroatoms. The number of ether oxygens (including phenoxy) is 1. The monoisotopic (exact) mass is 335 g/mol. The number of nitrogens with one attached hydrogen (secondary N) is 1. The number of rotatable bonds is 9. The number of benzene rings is 2. The molecule has 0 aliphatic heterocycles. The second-order valence-corrected chi connectivity index (χ2v) is 5.92. The summed E-state index contributed by atoms with van der Waals surface area (Å²) in [5, 5.41) is 3.83. The maximum Gasteiger partial charge on any atom is 0.124 e. The summed E-state index contributed by atoms with van der Waals surface area (Å²) >= 11 is 6.04. The summed E-state index contributed by atoms with van der Waals surface area (Å²) in [6, 6.07) is 12.3. The van der Waals surface area contributed by atoms with Crippen LogP contribution < -0.4 is 10.1 Å². The Hall–Kier alpha value is -1.58. The molecule has 23 heavy (non-hydrogen) atoms. The third-order valence-corrected chi connectivity index (χ3v) is 4.00. The van der Waals surface area contributed by atoms with Crippen molar-refractivity contribution >= 4 is 11.6 Å². The number of para-hydroxylation sites is 1. The maximum atomic E-state index is 13.1. The van der Waals surface area contributed by atoms with Crippen LogP contribution in [-0.4, -0.2) is 6.54 Å². The van der Waals surface area contributed by atoms with Crippen molar-refractivity contribution in [1.29, 1.82) is 0 Å². The molecule has 2 aromatic rings. The Bertz CT molecular complexity index is 618. The molecule has 2 nitrogen and oxygen atoms in total. The Balaban J connectivity index is 1.92. The van der Waals surface area contributed by atoms with E-state index in [0.29, 0.717) is 11.6 Å². The van der Waals surface area contributed by atoms with Crippen LogP contribution in [0, 0.1) is 5.82 Å². The van der Waals surface area contributed by atoms with Crippen LogP contribution >= 0.6 is 11.6 Å². The third kappa shape index (κ3) is 5.85. The van der Waals surface area contributed by atoms with Gasteiger partial charge in [-0.2, -0.15) is 0 Å². The van der Waals surface area contributed by atoms with Crippen LogP contribution in [0.5, 0.6) is 5.75 Å². The van der Waals surface area contributed by atoms with E-state index >= 15 is 0 Å². The zero-order valence-corrected chi connectivity index (χ0v) is 14.2. The standard InChI is InChI=1S/C19H23ClFNO/c1-2-3-6-11-22-13-15-7-4-5-8-19(15)23-14-16-9-10-17(21)12-18(16)20/h4-5,7-10,12,22H,2-3,6,11,13-14H2,1H3. The van der Waals surface area contributed by atoms with Crippen LogP contribution in [0.4, 0.5) is 4.39 Å². The third-order valence-electron chi connectivity index (χ3n) is 3.64. The van der Waals surface area contributed by atoms with Gasteiger partial charge in [-0.25, -0.2) is 4.39 Å². The van der Waals surface area contributed by atoms with E-state index in [-0.39, 0.29) is 5.82 Å². The van der Waals surface area contributed by atoms with Gasteiger partial charge in [-0.3, -0.25) is 0 Å². The molecule has 0 aliphatic carbocycles. The molecule has 0 aliphatic rings. The molecule has 0 radical (unpaired) electrons. The van der Waals surface area contributed by atoms with E-state index in [4.69, 9.17) is 16.3 Å². The molecule has 0 fully saturated rings. The van der Waals surface area contributed by atoms with Gasteiger partial charge in [0.25, 0.3) is 0 Å². The zero-order chi connectivity index (χ0) is 16.5. The highest BCUT2D eigenvalue weighted by atomic mass is 35.5. The fourth-order valence-electron chi connectivity index (χ4n) is 2.31. The van der Waals surface area contributed by atoms with Crippen LogP contribution in [0.2, 0.25) is 5.02 Å². The van der Waals surface area contributed by atoms with Crippen LogP contribution in [-0.2, 0) is 13.2 Å². The largest absolute Gasteiger partial charge is 0.489 e. The van der Waals surface area contributed by atoms with Crippen molar-refractivity contribution in [3.63, 3.8) is 0 Å². The SMILES string of the molecule is CCCCCNCc1ccccc1OCc1ccc(F)cc1Cl. The van der Waals surface area contributed by atoms with Gasteiger partial charge in [0.1, 0.15) is 18.2 Å². The normalized spacial score (nSPS) is 10.7.